The van der Waals surface area contributed by atoms with Crippen LogP contribution in [0.1, 0.15) is 139 Å². The third-order valence-electron chi connectivity index (χ3n) is 8.02. The number of carbonyl (C=O) groups excluding carboxylic acids is 2. The minimum absolute atomic E-state index is 0.0119. The van der Waals surface area contributed by atoms with Gasteiger partial charge in [-0.15, -0.1) is 0 Å². The summed E-state index contributed by atoms with van der Waals surface area (Å²) in [6, 6.07) is 0.0119. The predicted molar refractivity (Wildman–Crippen MR) is 139 cm³/mol. The topological polar surface area (TPSA) is 49.4 Å². The molecule has 1 atom stereocenters. The zero-order valence-electron chi connectivity index (χ0n) is 23.4. The molecule has 2 saturated heterocycles. The minimum Gasteiger partial charge on any atom is -0.307 e. The molecule has 0 radical (unpaired) electrons. The van der Waals surface area contributed by atoms with E-state index in [1.165, 1.54) is 44.9 Å². The van der Waals surface area contributed by atoms with Crippen molar-refractivity contribution in [2.75, 3.05) is 0 Å². The summed E-state index contributed by atoms with van der Waals surface area (Å²) in [6.07, 6.45) is 13.1. The average Bonchev–Trinajstić information content (AvgIpc) is 2.88. The third-order valence-corrected chi connectivity index (χ3v) is 8.02. The van der Waals surface area contributed by atoms with Gasteiger partial charge in [0.15, 0.2) is 0 Å². The van der Waals surface area contributed by atoms with Gasteiger partial charge in [-0.1, -0.05) is 66.7 Å². The van der Waals surface area contributed by atoms with Crippen molar-refractivity contribution in [1.82, 2.24) is 10.2 Å². The van der Waals surface area contributed by atoms with Crippen molar-refractivity contribution >= 4 is 11.8 Å². The van der Waals surface area contributed by atoms with Crippen molar-refractivity contribution in [3.05, 3.63) is 0 Å². The van der Waals surface area contributed by atoms with E-state index in [0.717, 1.165) is 25.7 Å². The molecule has 2 amide bonds. The lowest BCUT2D eigenvalue weighted by atomic mass is 9.75. The van der Waals surface area contributed by atoms with Crippen LogP contribution in [0.5, 0.6) is 0 Å². The molecule has 2 fully saturated rings. The van der Waals surface area contributed by atoms with Crippen LogP contribution in [-0.4, -0.2) is 33.8 Å². The Labute approximate surface area is 205 Å². The first-order valence-corrected chi connectivity index (χ1v) is 13.7. The molecule has 4 nitrogen and oxygen atoms in total. The van der Waals surface area contributed by atoms with Gasteiger partial charge in [0.25, 0.3) is 0 Å². The maximum absolute atomic E-state index is 13.4. The van der Waals surface area contributed by atoms with Gasteiger partial charge in [-0.05, 0) is 77.0 Å². The van der Waals surface area contributed by atoms with E-state index in [1.807, 2.05) is 0 Å². The summed E-state index contributed by atoms with van der Waals surface area (Å²) in [6.45, 7) is 20.4. The van der Waals surface area contributed by atoms with Crippen LogP contribution in [-0.2, 0) is 9.59 Å². The molecule has 33 heavy (non-hydrogen) atoms. The fourth-order valence-corrected chi connectivity index (χ4v) is 6.68. The van der Waals surface area contributed by atoms with Crippen molar-refractivity contribution < 1.29 is 9.59 Å². The van der Waals surface area contributed by atoms with Gasteiger partial charge < -0.3 is 5.32 Å². The molecule has 0 saturated carbocycles. The van der Waals surface area contributed by atoms with E-state index in [4.69, 9.17) is 0 Å². The zero-order valence-corrected chi connectivity index (χ0v) is 23.4. The van der Waals surface area contributed by atoms with E-state index in [0.29, 0.717) is 11.8 Å². The molecule has 0 spiro atoms. The molecule has 4 heteroatoms. The van der Waals surface area contributed by atoms with Gasteiger partial charge in [0.1, 0.15) is 0 Å². The Kier molecular flexibility index (Phi) is 9.27. The van der Waals surface area contributed by atoms with Crippen molar-refractivity contribution in [2.24, 2.45) is 16.7 Å². The molecule has 1 N–H and O–H groups in total. The van der Waals surface area contributed by atoms with Crippen LogP contribution in [0.3, 0.4) is 0 Å². The van der Waals surface area contributed by atoms with Gasteiger partial charge in [-0.25, -0.2) is 0 Å². The first kappa shape index (κ1) is 28.3. The van der Waals surface area contributed by atoms with Crippen LogP contribution >= 0.6 is 0 Å². The second-order valence-electron chi connectivity index (χ2n) is 14.2. The van der Waals surface area contributed by atoms with E-state index in [9.17, 15) is 9.59 Å². The molecule has 2 aliphatic heterocycles. The number of carbonyl (C=O) groups is 2. The molecule has 192 valence electrons. The van der Waals surface area contributed by atoms with Gasteiger partial charge in [-0.3, -0.25) is 14.5 Å². The van der Waals surface area contributed by atoms with Crippen molar-refractivity contribution in [1.29, 1.82) is 0 Å². The van der Waals surface area contributed by atoms with Crippen LogP contribution in [0.2, 0.25) is 0 Å². The molecule has 0 aromatic carbocycles. The Morgan fingerprint density at radius 3 is 1.97 bits per heavy atom. The molecular formula is C29H54N2O2. The summed E-state index contributed by atoms with van der Waals surface area (Å²) in [4.78, 5) is 28.0. The number of nitrogens with zero attached hydrogens (tertiary/aromatic N) is 1. The Balaban J connectivity index is 1.89. The van der Waals surface area contributed by atoms with E-state index >= 15 is 0 Å². The van der Waals surface area contributed by atoms with E-state index in [2.05, 4.69) is 67.6 Å². The largest absolute Gasteiger partial charge is 0.307 e. The van der Waals surface area contributed by atoms with E-state index in [1.54, 1.807) is 4.90 Å². The number of hydrogen-bond donors (Lipinski definition) is 1. The normalized spacial score (nSPS) is 24.0. The van der Waals surface area contributed by atoms with Crippen LogP contribution in [0.4, 0.5) is 0 Å². The Bertz CT molecular complexity index is 661. The van der Waals surface area contributed by atoms with Gasteiger partial charge in [0.2, 0.25) is 11.8 Å². The number of likely N-dealkylation sites (tertiary alicyclic amines) is 1. The highest BCUT2D eigenvalue weighted by atomic mass is 16.2. The maximum Gasteiger partial charge on any atom is 0.233 e. The maximum atomic E-state index is 13.4. The molecule has 2 aliphatic rings. The molecule has 2 rings (SSSR count). The SMILES string of the molecule is CCCCCCC(C)(C)CCCC(C)(C)CC1CC(=O)N(C2CC(C)(C)NC(C)(C)C2)C1=O. The summed E-state index contributed by atoms with van der Waals surface area (Å²) in [7, 11) is 0. The van der Waals surface area contributed by atoms with Crippen molar-refractivity contribution in [3.8, 4) is 0 Å². The zero-order chi connectivity index (χ0) is 25.1. The molecule has 0 aromatic rings. The molecule has 2 heterocycles. The molecule has 1 unspecified atom stereocenters. The smallest absolute Gasteiger partial charge is 0.233 e. The number of nitrogens with one attached hydrogen (secondary N) is 1. The molecule has 0 bridgehead atoms. The number of piperidine rings is 1. The molecule has 0 aliphatic carbocycles. The summed E-state index contributed by atoms with van der Waals surface area (Å²) >= 11 is 0. The highest BCUT2D eigenvalue weighted by Crippen LogP contribution is 2.41. The predicted octanol–water partition coefficient (Wildman–Crippen LogP) is 7.25. The lowest BCUT2D eigenvalue weighted by Crippen LogP contribution is -2.62. The standard InChI is InChI=1S/C29H54N2O2/c1-10-11-12-13-15-26(2,3)16-14-17-27(4,5)19-22-18-24(32)31(25(22)33)23-20-28(6,7)30-29(8,9)21-23/h22-23,30H,10-21H2,1-9H3. The van der Waals surface area contributed by atoms with Crippen molar-refractivity contribution in [2.45, 2.75) is 156 Å². The first-order valence-electron chi connectivity index (χ1n) is 13.7. The Morgan fingerprint density at radius 1 is 0.848 bits per heavy atom. The lowest BCUT2D eigenvalue weighted by Gasteiger charge is -2.48. The summed E-state index contributed by atoms with van der Waals surface area (Å²) in [5.41, 5.74) is 0.331. The van der Waals surface area contributed by atoms with Crippen molar-refractivity contribution in [3.63, 3.8) is 0 Å². The second kappa shape index (κ2) is 10.8. The van der Waals surface area contributed by atoms with Gasteiger partial charge in [-0.2, -0.15) is 0 Å². The summed E-state index contributed by atoms with van der Waals surface area (Å²) < 4.78 is 0. The highest BCUT2D eigenvalue weighted by Gasteiger charge is 2.48. The van der Waals surface area contributed by atoms with Crippen LogP contribution < -0.4 is 5.32 Å². The second-order valence-corrected chi connectivity index (χ2v) is 14.2. The number of amides is 2. The fourth-order valence-electron chi connectivity index (χ4n) is 6.68. The van der Waals surface area contributed by atoms with Crippen LogP contribution in [0.25, 0.3) is 0 Å². The summed E-state index contributed by atoms with van der Waals surface area (Å²) in [5, 5.41) is 3.67. The highest BCUT2D eigenvalue weighted by molar-refractivity contribution is 6.03. The van der Waals surface area contributed by atoms with E-state index < -0.39 is 0 Å². The quantitative estimate of drug-likeness (QED) is 0.245. The minimum atomic E-state index is -0.143. The molecule has 0 aromatic heterocycles. The van der Waals surface area contributed by atoms with E-state index in [-0.39, 0.29) is 40.3 Å². The third kappa shape index (κ3) is 8.67. The Morgan fingerprint density at radius 2 is 1.39 bits per heavy atom. The number of unbranched alkanes of at least 4 members (excludes halogenated alkanes) is 3. The Hall–Kier alpha value is -0.900. The monoisotopic (exact) mass is 462 g/mol. The number of rotatable bonds is 12. The number of imide groups is 1. The summed E-state index contributed by atoms with van der Waals surface area (Å²) in [5.74, 6) is -0.00833. The number of hydrogen-bond acceptors (Lipinski definition) is 3. The lowest BCUT2D eigenvalue weighted by molar-refractivity contribution is -0.144. The van der Waals surface area contributed by atoms with Gasteiger partial charge in [0.05, 0.1) is 0 Å². The average molecular weight is 463 g/mol. The van der Waals surface area contributed by atoms with Gasteiger partial charge in [0, 0.05) is 29.5 Å². The van der Waals surface area contributed by atoms with Crippen LogP contribution in [0, 0.1) is 16.7 Å². The van der Waals surface area contributed by atoms with Gasteiger partial charge >= 0.3 is 0 Å². The molecular weight excluding hydrogens is 408 g/mol. The van der Waals surface area contributed by atoms with Crippen LogP contribution in [0.15, 0.2) is 0 Å². The fraction of sp³-hybridized carbons (Fsp3) is 0.931. The first-order chi connectivity index (χ1) is 15.1.